The molecule has 0 spiro atoms. The lowest BCUT2D eigenvalue weighted by Crippen LogP contribution is -1.97. The lowest BCUT2D eigenvalue weighted by molar-refractivity contribution is 0.317. The predicted octanol–water partition coefficient (Wildman–Crippen LogP) is 1.11. The topological polar surface area (TPSA) is 61.3 Å². The van der Waals surface area contributed by atoms with E-state index in [0.717, 1.165) is 11.4 Å². The number of rotatable bonds is 2. The van der Waals surface area contributed by atoms with Crippen LogP contribution in [-0.4, -0.2) is 21.1 Å². The normalized spacial score (nSPS) is 12.0. The number of oxime groups is 1. The lowest BCUT2D eigenvalue weighted by atomic mass is 10.2. The fourth-order valence-electron chi connectivity index (χ4n) is 0.862. The molecule has 1 aromatic rings. The van der Waals surface area contributed by atoms with Crippen LogP contribution in [0.1, 0.15) is 18.3 Å². The van der Waals surface area contributed by atoms with E-state index in [2.05, 4.69) is 15.4 Å². The SMILES string of the molecule is CC(Cc1cc(C)[nH]n1)=NO. The van der Waals surface area contributed by atoms with Crippen LogP contribution in [0.2, 0.25) is 0 Å². The largest absolute Gasteiger partial charge is 0.411 e. The first-order valence-electron chi connectivity index (χ1n) is 3.41. The average Bonchev–Trinajstić information content (AvgIpc) is 2.35. The van der Waals surface area contributed by atoms with E-state index in [1.165, 1.54) is 0 Å². The zero-order valence-electron chi connectivity index (χ0n) is 6.63. The van der Waals surface area contributed by atoms with Gasteiger partial charge in [0, 0.05) is 12.1 Å². The number of aryl methyl sites for hydroxylation is 1. The van der Waals surface area contributed by atoms with E-state index in [1.807, 2.05) is 13.0 Å². The Morgan fingerprint density at radius 3 is 3.00 bits per heavy atom. The third-order valence-electron chi connectivity index (χ3n) is 1.37. The monoisotopic (exact) mass is 153 g/mol. The smallest absolute Gasteiger partial charge is 0.0682 e. The van der Waals surface area contributed by atoms with Gasteiger partial charge in [-0.05, 0) is 19.9 Å². The van der Waals surface area contributed by atoms with Crippen LogP contribution >= 0.6 is 0 Å². The molecule has 1 heterocycles. The second-order valence-electron chi connectivity index (χ2n) is 2.55. The van der Waals surface area contributed by atoms with Gasteiger partial charge in [-0.2, -0.15) is 5.10 Å². The van der Waals surface area contributed by atoms with Gasteiger partial charge < -0.3 is 5.21 Å². The molecule has 0 radical (unpaired) electrons. The molecule has 60 valence electrons. The average molecular weight is 153 g/mol. The van der Waals surface area contributed by atoms with Gasteiger partial charge in [0.25, 0.3) is 0 Å². The summed E-state index contributed by atoms with van der Waals surface area (Å²) < 4.78 is 0. The van der Waals surface area contributed by atoms with Gasteiger partial charge in [0.2, 0.25) is 0 Å². The molecule has 0 saturated heterocycles. The molecule has 4 heteroatoms. The maximum atomic E-state index is 8.35. The maximum Gasteiger partial charge on any atom is 0.0682 e. The molecule has 1 rings (SSSR count). The standard InChI is InChI=1S/C7H11N3O/c1-5-3-7(9-8-5)4-6(2)10-11/h3,11H,4H2,1-2H3,(H,8,9). The van der Waals surface area contributed by atoms with Crippen LogP contribution in [0, 0.1) is 6.92 Å². The summed E-state index contributed by atoms with van der Waals surface area (Å²) in [5.74, 6) is 0. The van der Waals surface area contributed by atoms with Crippen LogP contribution in [0.3, 0.4) is 0 Å². The van der Waals surface area contributed by atoms with Crippen molar-refractivity contribution >= 4 is 5.71 Å². The van der Waals surface area contributed by atoms with E-state index < -0.39 is 0 Å². The van der Waals surface area contributed by atoms with Crippen LogP contribution in [0.5, 0.6) is 0 Å². The quantitative estimate of drug-likeness (QED) is 0.380. The molecule has 0 saturated carbocycles. The van der Waals surface area contributed by atoms with Gasteiger partial charge in [-0.3, -0.25) is 5.10 Å². The molecule has 0 amide bonds. The molecular formula is C7H11N3O. The molecule has 0 aromatic carbocycles. The van der Waals surface area contributed by atoms with Crippen LogP contribution in [0.25, 0.3) is 0 Å². The minimum atomic E-state index is 0.598. The highest BCUT2D eigenvalue weighted by Gasteiger charge is 1.99. The Bertz CT molecular complexity index is 264. The van der Waals surface area contributed by atoms with E-state index in [4.69, 9.17) is 5.21 Å². The summed E-state index contributed by atoms with van der Waals surface area (Å²) in [7, 11) is 0. The molecule has 0 aliphatic carbocycles. The maximum absolute atomic E-state index is 8.35. The molecule has 0 atom stereocenters. The molecule has 4 nitrogen and oxygen atoms in total. The van der Waals surface area contributed by atoms with Crippen molar-refractivity contribution < 1.29 is 5.21 Å². The number of nitrogens with zero attached hydrogens (tertiary/aromatic N) is 2. The Hall–Kier alpha value is -1.32. The van der Waals surface area contributed by atoms with E-state index in [1.54, 1.807) is 6.92 Å². The van der Waals surface area contributed by atoms with Gasteiger partial charge >= 0.3 is 0 Å². The summed E-state index contributed by atoms with van der Waals surface area (Å²) in [5.41, 5.74) is 2.58. The van der Waals surface area contributed by atoms with Crippen LogP contribution in [-0.2, 0) is 6.42 Å². The molecule has 0 aliphatic rings. The highest BCUT2D eigenvalue weighted by atomic mass is 16.4. The van der Waals surface area contributed by atoms with Crippen LogP contribution in [0.15, 0.2) is 11.2 Å². The van der Waals surface area contributed by atoms with Crippen molar-refractivity contribution in [1.29, 1.82) is 0 Å². The van der Waals surface area contributed by atoms with Crippen molar-refractivity contribution in [3.05, 3.63) is 17.5 Å². The zero-order valence-corrected chi connectivity index (χ0v) is 6.63. The van der Waals surface area contributed by atoms with Crippen molar-refractivity contribution in [2.75, 3.05) is 0 Å². The van der Waals surface area contributed by atoms with Crippen LogP contribution in [0.4, 0.5) is 0 Å². The number of aromatic nitrogens is 2. The zero-order chi connectivity index (χ0) is 8.27. The number of hydrogen-bond donors (Lipinski definition) is 2. The van der Waals surface area contributed by atoms with E-state index >= 15 is 0 Å². The molecular weight excluding hydrogens is 142 g/mol. The van der Waals surface area contributed by atoms with E-state index in [0.29, 0.717) is 12.1 Å². The summed E-state index contributed by atoms with van der Waals surface area (Å²) in [6.07, 6.45) is 0.598. The lowest BCUT2D eigenvalue weighted by Gasteiger charge is -1.90. The first kappa shape index (κ1) is 7.78. The molecule has 0 bridgehead atoms. The van der Waals surface area contributed by atoms with Crippen molar-refractivity contribution in [2.24, 2.45) is 5.16 Å². The molecule has 0 aliphatic heterocycles. The van der Waals surface area contributed by atoms with Crippen molar-refractivity contribution in [1.82, 2.24) is 10.2 Å². The first-order chi connectivity index (χ1) is 5.22. The Morgan fingerprint density at radius 1 is 1.82 bits per heavy atom. The summed E-state index contributed by atoms with van der Waals surface area (Å²) in [6, 6.07) is 1.93. The van der Waals surface area contributed by atoms with Gasteiger partial charge in [-0.15, -0.1) is 0 Å². The van der Waals surface area contributed by atoms with Crippen LogP contribution < -0.4 is 0 Å². The molecule has 11 heavy (non-hydrogen) atoms. The van der Waals surface area contributed by atoms with E-state index in [-0.39, 0.29) is 0 Å². The number of H-pyrrole nitrogens is 1. The Labute approximate surface area is 64.9 Å². The van der Waals surface area contributed by atoms with Crippen molar-refractivity contribution in [3.63, 3.8) is 0 Å². The van der Waals surface area contributed by atoms with Gasteiger partial charge in [0.05, 0.1) is 11.4 Å². The molecule has 0 fully saturated rings. The minimum absolute atomic E-state index is 0.598. The summed E-state index contributed by atoms with van der Waals surface area (Å²) in [5, 5.41) is 18.2. The summed E-state index contributed by atoms with van der Waals surface area (Å²) in [4.78, 5) is 0. The van der Waals surface area contributed by atoms with Crippen molar-refractivity contribution in [2.45, 2.75) is 20.3 Å². The predicted molar refractivity (Wildman–Crippen MR) is 41.9 cm³/mol. The van der Waals surface area contributed by atoms with Gasteiger partial charge in [-0.1, -0.05) is 5.16 Å². The fourth-order valence-corrected chi connectivity index (χ4v) is 0.862. The number of nitrogens with one attached hydrogen (secondary N) is 1. The van der Waals surface area contributed by atoms with Crippen molar-refractivity contribution in [3.8, 4) is 0 Å². The Kier molecular flexibility index (Phi) is 2.25. The highest BCUT2D eigenvalue weighted by Crippen LogP contribution is 1.99. The number of hydrogen-bond acceptors (Lipinski definition) is 3. The van der Waals surface area contributed by atoms with Gasteiger partial charge in [0.1, 0.15) is 0 Å². The third kappa shape index (κ3) is 2.07. The van der Waals surface area contributed by atoms with E-state index in [9.17, 15) is 0 Å². The first-order valence-corrected chi connectivity index (χ1v) is 3.41. The van der Waals surface area contributed by atoms with Gasteiger partial charge in [0.15, 0.2) is 0 Å². The minimum Gasteiger partial charge on any atom is -0.411 e. The number of aromatic amines is 1. The molecule has 1 aromatic heterocycles. The fraction of sp³-hybridized carbons (Fsp3) is 0.429. The summed E-state index contributed by atoms with van der Waals surface area (Å²) >= 11 is 0. The highest BCUT2D eigenvalue weighted by molar-refractivity contribution is 5.83. The second kappa shape index (κ2) is 3.18. The Morgan fingerprint density at radius 2 is 2.55 bits per heavy atom. The molecule has 2 N–H and O–H groups in total. The summed E-state index contributed by atoms with van der Waals surface area (Å²) in [6.45, 7) is 3.69. The molecule has 0 unspecified atom stereocenters. The van der Waals surface area contributed by atoms with Gasteiger partial charge in [-0.25, -0.2) is 0 Å². The second-order valence-corrected chi connectivity index (χ2v) is 2.55. The Balaban J connectivity index is 2.65. The third-order valence-corrected chi connectivity index (χ3v) is 1.37.